The predicted molar refractivity (Wildman–Crippen MR) is 105 cm³/mol. The molecule has 2 aromatic heterocycles. The molecule has 0 aliphatic heterocycles. The zero-order valence-corrected chi connectivity index (χ0v) is 16.0. The van der Waals surface area contributed by atoms with E-state index in [4.69, 9.17) is 11.6 Å². The summed E-state index contributed by atoms with van der Waals surface area (Å²) in [6.45, 7) is 0.436. The number of hydrogen-bond acceptors (Lipinski definition) is 6. The summed E-state index contributed by atoms with van der Waals surface area (Å²) in [7, 11) is 0. The minimum atomic E-state index is -0.169. The minimum absolute atomic E-state index is 0.117. The van der Waals surface area contributed by atoms with Crippen LogP contribution in [-0.2, 0) is 4.79 Å². The molecule has 2 heterocycles. The first-order valence-electron chi connectivity index (χ1n) is 7.83. The van der Waals surface area contributed by atoms with Crippen LogP contribution in [0.2, 0.25) is 5.02 Å². The summed E-state index contributed by atoms with van der Waals surface area (Å²) in [4.78, 5) is 24.4. The molecule has 3 aromatic rings. The van der Waals surface area contributed by atoms with Crippen LogP contribution < -0.4 is 10.6 Å². The summed E-state index contributed by atoms with van der Waals surface area (Å²) < 4.78 is 0. The van der Waals surface area contributed by atoms with E-state index in [0.29, 0.717) is 33.0 Å². The summed E-state index contributed by atoms with van der Waals surface area (Å²) in [5.74, 6) is -0.286. The number of rotatable bonds is 7. The van der Waals surface area contributed by atoms with Gasteiger partial charge in [-0.05, 0) is 23.9 Å². The summed E-state index contributed by atoms with van der Waals surface area (Å²) >= 11 is 8.79. The van der Waals surface area contributed by atoms with Crippen molar-refractivity contribution in [1.29, 1.82) is 0 Å². The second kappa shape index (κ2) is 8.88. The Morgan fingerprint density at radius 3 is 2.73 bits per heavy atom. The number of thiophene rings is 1. The van der Waals surface area contributed by atoms with E-state index in [0.717, 1.165) is 5.56 Å². The van der Waals surface area contributed by atoms with E-state index in [1.807, 2.05) is 29.6 Å². The van der Waals surface area contributed by atoms with E-state index in [1.165, 1.54) is 22.7 Å². The largest absolute Gasteiger partial charge is 0.351 e. The van der Waals surface area contributed by atoms with Gasteiger partial charge >= 0.3 is 0 Å². The second-order valence-electron chi connectivity index (χ2n) is 5.28. The Kier molecular flexibility index (Phi) is 6.32. The van der Waals surface area contributed by atoms with Crippen molar-refractivity contribution >= 4 is 51.2 Å². The van der Waals surface area contributed by atoms with Crippen LogP contribution in [0.4, 0.5) is 5.13 Å². The lowest BCUT2D eigenvalue weighted by molar-refractivity contribution is -0.116. The molecule has 0 radical (unpaired) electrons. The van der Waals surface area contributed by atoms with Crippen molar-refractivity contribution in [3.05, 3.63) is 51.7 Å². The number of hydrogen-bond donors (Lipinski definition) is 2. The molecule has 26 heavy (non-hydrogen) atoms. The van der Waals surface area contributed by atoms with Gasteiger partial charge in [0.1, 0.15) is 0 Å². The molecular weight excluding hydrogens is 392 g/mol. The Balaban J connectivity index is 1.44. The molecule has 9 heteroatoms. The molecular formula is C17H15ClN4O2S2. The molecule has 0 saturated carbocycles. The first-order chi connectivity index (χ1) is 12.6. The number of anilines is 1. The van der Waals surface area contributed by atoms with Gasteiger partial charge in [-0.1, -0.05) is 47.2 Å². The number of nitrogens with zero attached hydrogens (tertiary/aromatic N) is 2. The van der Waals surface area contributed by atoms with Gasteiger partial charge < -0.3 is 10.6 Å². The molecule has 2 N–H and O–H groups in total. The summed E-state index contributed by atoms with van der Waals surface area (Å²) in [6.07, 6.45) is 0.824. The van der Waals surface area contributed by atoms with Gasteiger partial charge in [0, 0.05) is 18.5 Å². The number of amides is 2. The van der Waals surface area contributed by atoms with Crippen molar-refractivity contribution in [1.82, 2.24) is 15.5 Å². The summed E-state index contributed by atoms with van der Waals surface area (Å²) in [5, 5.41) is 17.0. The lowest BCUT2D eigenvalue weighted by Gasteiger charge is -2.03. The van der Waals surface area contributed by atoms with Gasteiger partial charge in [-0.15, -0.1) is 21.5 Å². The van der Waals surface area contributed by atoms with Crippen molar-refractivity contribution in [2.75, 3.05) is 11.9 Å². The third-order valence-corrected chi connectivity index (χ3v) is 5.46. The van der Waals surface area contributed by atoms with Crippen LogP contribution in [0.25, 0.3) is 10.6 Å². The van der Waals surface area contributed by atoms with Crippen LogP contribution in [0.5, 0.6) is 0 Å². The average molecular weight is 407 g/mol. The number of benzene rings is 1. The fraction of sp³-hybridized carbons (Fsp3) is 0.176. The van der Waals surface area contributed by atoms with Gasteiger partial charge in [-0.3, -0.25) is 9.59 Å². The van der Waals surface area contributed by atoms with E-state index in [1.54, 1.807) is 12.1 Å². The lowest BCUT2D eigenvalue weighted by atomic mass is 10.2. The SMILES string of the molecule is O=C(CCCNC(=O)c1cccs1)Nc1nnc(-c2ccccc2Cl)s1. The highest BCUT2D eigenvalue weighted by Crippen LogP contribution is 2.31. The number of aromatic nitrogens is 2. The van der Waals surface area contributed by atoms with Crippen molar-refractivity contribution in [3.63, 3.8) is 0 Å². The van der Waals surface area contributed by atoms with Gasteiger partial charge in [-0.2, -0.15) is 0 Å². The smallest absolute Gasteiger partial charge is 0.261 e. The summed E-state index contributed by atoms with van der Waals surface area (Å²) in [6, 6.07) is 10.9. The molecule has 1 aromatic carbocycles. The van der Waals surface area contributed by atoms with E-state index >= 15 is 0 Å². The highest BCUT2D eigenvalue weighted by Gasteiger charge is 2.12. The topological polar surface area (TPSA) is 84.0 Å². The zero-order valence-electron chi connectivity index (χ0n) is 13.6. The van der Waals surface area contributed by atoms with Crippen LogP contribution >= 0.6 is 34.3 Å². The maximum Gasteiger partial charge on any atom is 0.261 e. The van der Waals surface area contributed by atoms with Gasteiger partial charge in [-0.25, -0.2) is 0 Å². The maximum absolute atomic E-state index is 12.0. The van der Waals surface area contributed by atoms with Crippen LogP contribution in [0.3, 0.4) is 0 Å². The van der Waals surface area contributed by atoms with E-state index in [9.17, 15) is 9.59 Å². The monoisotopic (exact) mass is 406 g/mol. The lowest BCUT2D eigenvalue weighted by Crippen LogP contribution is -2.24. The molecule has 2 amide bonds. The Morgan fingerprint density at radius 1 is 1.12 bits per heavy atom. The number of halogens is 1. The Morgan fingerprint density at radius 2 is 1.96 bits per heavy atom. The quantitative estimate of drug-likeness (QED) is 0.579. The second-order valence-corrected chi connectivity index (χ2v) is 7.61. The molecule has 6 nitrogen and oxygen atoms in total. The van der Waals surface area contributed by atoms with Gasteiger partial charge in [0.2, 0.25) is 11.0 Å². The normalized spacial score (nSPS) is 10.5. The van der Waals surface area contributed by atoms with Gasteiger partial charge in [0.15, 0.2) is 5.01 Å². The molecule has 0 fully saturated rings. The molecule has 134 valence electrons. The highest BCUT2D eigenvalue weighted by atomic mass is 35.5. The van der Waals surface area contributed by atoms with E-state index in [2.05, 4.69) is 20.8 Å². The van der Waals surface area contributed by atoms with Crippen LogP contribution in [0.15, 0.2) is 41.8 Å². The molecule has 0 saturated heterocycles. The van der Waals surface area contributed by atoms with E-state index in [-0.39, 0.29) is 18.2 Å². The highest BCUT2D eigenvalue weighted by molar-refractivity contribution is 7.18. The Labute approximate surface area is 163 Å². The Hall–Kier alpha value is -2.29. The third-order valence-electron chi connectivity index (χ3n) is 3.39. The molecule has 0 spiro atoms. The fourth-order valence-electron chi connectivity index (χ4n) is 2.14. The molecule has 3 rings (SSSR count). The number of carbonyl (C=O) groups excluding carboxylic acids is 2. The fourth-order valence-corrected chi connectivity index (χ4v) is 3.87. The maximum atomic E-state index is 12.0. The van der Waals surface area contributed by atoms with Crippen molar-refractivity contribution in [3.8, 4) is 10.6 Å². The first kappa shape index (κ1) is 18.5. The van der Waals surface area contributed by atoms with Crippen molar-refractivity contribution in [2.24, 2.45) is 0 Å². The molecule has 0 unspecified atom stereocenters. The van der Waals surface area contributed by atoms with Gasteiger partial charge in [0.05, 0.1) is 9.90 Å². The minimum Gasteiger partial charge on any atom is -0.351 e. The number of nitrogens with one attached hydrogen (secondary N) is 2. The first-order valence-corrected chi connectivity index (χ1v) is 9.91. The van der Waals surface area contributed by atoms with Crippen LogP contribution in [0, 0.1) is 0 Å². The summed E-state index contributed by atoms with van der Waals surface area (Å²) in [5.41, 5.74) is 0.781. The molecule has 0 bridgehead atoms. The molecule has 0 aliphatic carbocycles. The standard InChI is InChI=1S/C17H15ClN4O2S2/c18-12-6-2-1-5-11(12)16-21-22-17(26-16)20-14(23)8-3-9-19-15(24)13-7-4-10-25-13/h1-2,4-7,10H,3,8-9H2,(H,19,24)(H,20,22,23). The predicted octanol–water partition coefficient (Wildman–Crippen LogP) is 4.07. The van der Waals surface area contributed by atoms with Gasteiger partial charge in [0.25, 0.3) is 5.91 Å². The zero-order chi connectivity index (χ0) is 18.4. The third kappa shape index (κ3) is 4.87. The number of carbonyl (C=O) groups is 2. The van der Waals surface area contributed by atoms with E-state index < -0.39 is 0 Å². The molecule has 0 atom stereocenters. The van der Waals surface area contributed by atoms with Crippen molar-refractivity contribution < 1.29 is 9.59 Å². The van der Waals surface area contributed by atoms with Crippen LogP contribution in [-0.4, -0.2) is 28.6 Å². The van der Waals surface area contributed by atoms with Crippen LogP contribution in [0.1, 0.15) is 22.5 Å². The Bertz CT molecular complexity index is 896. The van der Waals surface area contributed by atoms with Crippen molar-refractivity contribution in [2.45, 2.75) is 12.8 Å². The molecule has 0 aliphatic rings. The average Bonchev–Trinajstić information content (AvgIpc) is 3.31.